The fraction of sp³-hybridized carbons (Fsp3) is 0.400. The lowest BCUT2D eigenvalue weighted by Crippen LogP contribution is -2.41. The third-order valence-corrected chi connectivity index (χ3v) is 4.00. The monoisotopic (exact) mass is 257 g/mol. The number of carbonyl (C=O) groups is 1. The van der Waals surface area contributed by atoms with Crippen molar-refractivity contribution in [2.45, 2.75) is 32.2 Å². The normalized spacial score (nSPS) is 19.8. The molecule has 0 radical (unpaired) electrons. The number of rotatable bonds is 1. The zero-order valence-corrected chi connectivity index (χ0v) is 11.1. The highest BCUT2D eigenvalue weighted by atomic mass is 16.2. The number of fused-ring (bicyclic) bond motifs is 1. The van der Waals surface area contributed by atoms with Crippen LogP contribution in [0, 0.1) is 0 Å². The van der Waals surface area contributed by atoms with E-state index in [1.165, 1.54) is 6.42 Å². The van der Waals surface area contributed by atoms with Crippen LogP contribution in [-0.2, 0) is 0 Å². The van der Waals surface area contributed by atoms with Gasteiger partial charge in [-0.2, -0.15) is 0 Å². The second-order valence-electron chi connectivity index (χ2n) is 5.35. The van der Waals surface area contributed by atoms with Gasteiger partial charge in [0.25, 0.3) is 5.91 Å². The van der Waals surface area contributed by atoms with Gasteiger partial charge in [-0.05, 0) is 44.4 Å². The summed E-state index contributed by atoms with van der Waals surface area (Å²) in [7, 11) is 0. The number of benzene rings is 1. The van der Waals surface area contributed by atoms with Gasteiger partial charge in [0, 0.05) is 35.4 Å². The van der Waals surface area contributed by atoms with Crippen LogP contribution in [0.2, 0.25) is 0 Å². The molecule has 2 aromatic rings. The van der Waals surface area contributed by atoms with Crippen LogP contribution in [0.4, 0.5) is 5.69 Å². The highest BCUT2D eigenvalue weighted by Gasteiger charge is 2.25. The van der Waals surface area contributed by atoms with E-state index in [1.54, 1.807) is 6.20 Å². The zero-order chi connectivity index (χ0) is 13.4. The summed E-state index contributed by atoms with van der Waals surface area (Å²) in [5.41, 5.74) is 8.20. The lowest BCUT2D eigenvalue weighted by molar-refractivity contribution is 0.0638. The third kappa shape index (κ3) is 2.07. The Kier molecular flexibility index (Phi) is 2.93. The molecular formula is C15H19N3O. The lowest BCUT2D eigenvalue weighted by atomic mass is 10.0. The largest absolute Gasteiger partial charge is 0.399 e. The van der Waals surface area contributed by atoms with Crippen LogP contribution >= 0.6 is 0 Å². The number of nitrogens with zero attached hydrogens (tertiary/aromatic N) is 1. The van der Waals surface area contributed by atoms with Crippen LogP contribution in [-0.4, -0.2) is 28.4 Å². The molecule has 3 rings (SSSR count). The molecular weight excluding hydrogens is 238 g/mol. The first-order valence-electron chi connectivity index (χ1n) is 6.84. The Bertz CT molecular complexity index is 617. The summed E-state index contributed by atoms with van der Waals surface area (Å²) in [6, 6.07) is 5.96. The molecule has 1 amide bonds. The number of H-pyrrole nitrogens is 1. The molecule has 1 aromatic heterocycles. The van der Waals surface area contributed by atoms with Crippen molar-refractivity contribution in [2.24, 2.45) is 0 Å². The molecule has 1 aromatic carbocycles. The van der Waals surface area contributed by atoms with Gasteiger partial charge in [0.15, 0.2) is 0 Å². The molecule has 0 spiro atoms. The van der Waals surface area contributed by atoms with Crippen molar-refractivity contribution >= 4 is 22.5 Å². The highest BCUT2D eigenvalue weighted by Crippen LogP contribution is 2.25. The smallest absolute Gasteiger partial charge is 0.256 e. The molecule has 0 bridgehead atoms. The van der Waals surface area contributed by atoms with E-state index in [0.717, 1.165) is 35.9 Å². The second-order valence-corrected chi connectivity index (χ2v) is 5.35. The standard InChI is InChI=1S/C15H19N3O/c1-10-4-2-3-7-18(10)15(19)13-9-17-14-6-5-11(16)8-12(13)14/h5-6,8-10,17H,2-4,7,16H2,1H3. The second kappa shape index (κ2) is 4.61. The number of piperidine rings is 1. The Morgan fingerprint density at radius 1 is 1.42 bits per heavy atom. The Morgan fingerprint density at radius 2 is 2.26 bits per heavy atom. The van der Waals surface area contributed by atoms with Crippen molar-refractivity contribution in [1.82, 2.24) is 9.88 Å². The van der Waals surface area contributed by atoms with Crippen LogP contribution in [0.25, 0.3) is 10.9 Å². The Hall–Kier alpha value is -1.97. The summed E-state index contributed by atoms with van der Waals surface area (Å²) in [5, 5.41) is 0.919. The van der Waals surface area contributed by atoms with E-state index >= 15 is 0 Å². The SMILES string of the molecule is CC1CCCCN1C(=O)c1c[nH]c2ccc(N)cc12. The highest BCUT2D eigenvalue weighted by molar-refractivity contribution is 6.07. The van der Waals surface area contributed by atoms with E-state index in [1.807, 2.05) is 23.1 Å². The number of nitrogens with two attached hydrogens (primary N) is 1. The summed E-state index contributed by atoms with van der Waals surface area (Å²) in [6.07, 6.45) is 5.20. The Balaban J connectivity index is 1.99. The number of nitrogen functional groups attached to an aromatic ring is 1. The molecule has 19 heavy (non-hydrogen) atoms. The Morgan fingerprint density at radius 3 is 3.05 bits per heavy atom. The first-order valence-corrected chi connectivity index (χ1v) is 6.84. The quantitative estimate of drug-likeness (QED) is 0.772. The van der Waals surface area contributed by atoms with Crippen molar-refractivity contribution in [3.8, 4) is 0 Å². The average molecular weight is 257 g/mol. The number of anilines is 1. The van der Waals surface area contributed by atoms with Crippen LogP contribution in [0.15, 0.2) is 24.4 Å². The molecule has 1 unspecified atom stereocenters. The molecule has 1 aliphatic heterocycles. The fourth-order valence-corrected chi connectivity index (χ4v) is 2.87. The van der Waals surface area contributed by atoms with Crippen LogP contribution < -0.4 is 5.73 Å². The minimum atomic E-state index is 0.115. The van der Waals surface area contributed by atoms with Gasteiger partial charge in [0.1, 0.15) is 0 Å². The number of nitrogens with one attached hydrogen (secondary N) is 1. The van der Waals surface area contributed by atoms with Crippen molar-refractivity contribution in [1.29, 1.82) is 0 Å². The van der Waals surface area contributed by atoms with Gasteiger partial charge in [-0.3, -0.25) is 4.79 Å². The van der Waals surface area contributed by atoms with Crippen molar-refractivity contribution in [2.75, 3.05) is 12.3 Å². The number of carbonyl (C=O) groups excluding carboxylic acids is 1. The van der Waals surface area contributed by atoms with Crippen molar-refractivity contribution in [3.63, 3.8) is 0 Å². The third-order valence-electron chi connectivity index (χ3n) is 4.00. The number of likely N-dealkylation sites (tertiary alicyclic amines) is 1. The number of hydrogen-bond acceptors (Lipinski definition) is 2. The molecule has 0 aliphatic carbocycles. The molecule has 1 saturated heterocycles. The van der Waals surface area contributed by atoms with Crippen LogP contribution in [0.1, 0.15) is 36.5 Å². The summed E-state index contributed by atoms with van der Waals surface area (Å²) < 4.78 is 0. The number of aromatic nitrogens is 1. The van der Waals surface area contributed by atoms with Crippen LogP contribution in [0.5, 0.6) is 0 Å². The molecule has 4 nitrogen and oxygen atoms in total. The Labute approximate surface area is 112 Å². The molecule has 0 saturated carbocycles. The summed E-state index contributed by atoms with van der Waals surface area (Å²) >= 11 is 0. The molecule has 1 fully saturated rings. The van der Waals surface area contributed by atoms with E-state index < -0.39 is 0 Å². The lowest BCUT2D eigenvalue weighted by Gasteiger charge is -2.33. The topological polar surface area (TPSA) is 62.1 Å². The minimum absolute atomic E-state index is 0.115. The molecule has 1 atom stereocenters. The minimum Gasteiger partial charge on any atom is -0.399 e. The van der Waals surface area contributed by atoms with Crippen LogP contribution in [0.3, 0.4) is 0 Å². The van der Waals surface area contributed by atoms with E-state index in [9.17, 15) is 4.79 Å². The molecule has 1 aliphatic rings. The predicted molar refractivity (Wildman–Crippen MR) is 77.1 cm³/mol. The number of aromatic amines is 1. The van der Waals surface area contributed by atoms with Crippen molar-refractivity contribution in [3.05, 3.63) is 30.0 Å². The summed E-state index contributed by atoms with van der Waals surface area (Å²) in [4.78, 5) is 17.8. The van der Waals surface area contributed by atoms with E-state index in [4.69, 9.17) is 5.73 Å². The number of hydrogen-bond donors (Lipinski definition) is 2. The van der Waals surface area contributed by atoms with Gasteiger partial charge < -0.3 is 15.6 Å². The number of amides is 1. The molecule has 100 valence electrons. The molecule has 3 N–H and O–H groups in total. The summed E-state index contributed by atoms with van der Waals surface area (Å²) in [5.74, 6) is 0.115. The van der Waals surface area contributed by atoms with E-state index in [2.05, 4.69) is 11.9 Å². The first kappa shape index (κ1) is 12.1. The van der Waals surface area contributed by atoms with Crippen molar-refractivity contribution < 1.29 is 4.79 Å². The molecule has 2 heterocycles. The van der Waals surface area contributed by atoms with E-state index in [0.29, 0.717) is 11.7 Å². The maximum absolute atomic E-state index is 12.7. The summed E-state index contributed by atoms with van der Waals surface area (Å²) in [6.45, 7) is 2.98. The molecule has 4 heteroatoms. The van der Waals surface area contributed by atoms with Gasteiger partial charge in [-0.25, -0.2) is 0 Å². The van der Waals surface area contributed by atoms with Gasteiger partial charge in [-0.1, -0.05) is 0 Å². The predicted octanol–water partition coefficient (Wildman–Crippen LogP) is 2.76. The maximum Gasteiger partial charge on any atom is 0.256 e. The van der Waals surface area contributed by atoms with E-state index in [-0.39, 0.29) is 5.91 Å². The van der Waals surface area contributed by atoms with Gasteiger partial charge in [-0.15, -0.1) is 0 Å². The maximum atomic E-state index is 12.7. The van der Waals surface area contributed by atoms with Gasteiger partial charge in [0.2, 0.25) is 0 Å². The van der Waals surface area contributed by atoms with Gasteiger partial charge in [0.05, 0.1) is 5.56 Å². The average Bonchev–Trinajstić information content (AvgIpc) is 2.81. The fourth-order valence-electron chi connectivity index (χ4n) is 2.87. The first-order chi connectivity index (χ1) is 9.16. The van der Waals surface area contributed by atoms with Gasteiger partial charge >= 0.3 is 0 Å². The zero-order valence-electron chi connectivity index (χ0n) is 11.1.